The third-order valence-corrected chi connectivity index (χ3v) is 3.79. The van der Waals surface area contributed by atoms with Gasteiger partial charge in [0.2, 0.25) is 0 Å². The van der Waals surface area contributed by atoms with Gasteiger partial charge in [0, 0.05) is 25.0 Å². The minimum atomic E-state index is 0.0581. The van der Waals surface area contributed by atoms with Gasteiger partial charge < -0.3 is 15.8 Å². The van der Waals surface area contributed by atoms with Crippen molar-refractivity contribution in [2.45, 2.75) is 32.6 Å². The highest BCUT2D eigenvalue weighted by molar-refractivity contribution is 5.95. The zero-order valence-electron chi connectivity index (χ0n) is 11.4. The first-order valence-corrected chi connectivity index (χ1v) is 6.93. The SMILES string of the molecule is CCCC1CCN(c2ccnc(C(N)=NO)c2)CC1. The van der Waals surface area contributed by atoms with Crippen LogP contribution in [0.15, 0.2) is 23.5 Å². The average Bonchev–Trinajstić information content (AvgIpc) is 2.48. The van der Waals surface area contributed by atoms with Crippen molar-refractivity contribution in [2.24, 2.45) is 16.8 Å². The summed E-state index contributed by atoms with van der Waals surface area (Å²) < 4.78 is 0. The van der Waals surface area contributed by atoms with Crippen molar-refractivity contribution in [1.29, 1.82) is 0 Å². The fourth-order valence-corrected chi connectivity index (χ4v) is 2.70. The molecule has 1 aromatic rings. The van der Waals surface area contributed by atoms with Crippen LogP contribution in [-0.4, -0.2) is 29.1 Å². The molecule has 0 atom stereocenters. The summed E-state index contributed by atoms with van der Waals surface area (Å²) in [5.74, 6) is 0.925. The van der Waals surface area contributed by atoms with Crippen molar-refractivity contribution in [2.75, 3.05) is 18.0 Å². The van der Waals surface area contributed by atoms with E-state index in [1.165, 1.54) is 25.7 Å². The summed E-state index contributed by atoms with van der Waals surface area (Å²) >= 11 is 0. The average molecular weight is 262 g/mol. The standard InChI is InChI=1S/C14H22N4O/c1-2-3-11-5-8-18(9-6-11)12-4-7-16-13(10-12)14(15)17-19/h4,7,10-11,19H,2-3,5-6,8-9H2,1H3,(H2,15,17). The molecule has 1 fully saturated rings. The maximum atomic E-state index is 8.69. The van der Waals surface area contributed by atoms with Gasteiger partial charge in [-0.15, -0.1) is 0 Å². The Hall–Kier alpha value is -1.78. The van der Waals surface area contributed by atoms with Crippen LogP contribution in [0.2, 0.25) is 0 Å². The minimum absolute atomic E-state index is 0.0581. The van der Waals surface area contributed by atoms with Gasteiger partial charge in [0.1, 0.15) is 5.69 Å². The molecule has 104 valence electrons. The maximum Gasteiger partial charge on any atom is 0.188 e. The molecule has 2 rings (SSSR count). The first-order valence-electron chi connectivity index (χ1n) is 6.93. The molecule has 2 heterocycles. The van der Waals surface area contributed by atoms with E-state index in [0.717, 1.165) is 24.7 Å². The molecule has 0 aromatic carbocycles. The molecule has 1 aliphatic heterocycles. The summed E-state index contributed by atoms with van der Waals surface area (Å²) in [4.78, 5) is 6.46. The molecule has 5 nitrogen and oxygen atoms in total. The van der Waals surface area contributed by atoms with Crippen molar-refractivity contribution in [1.82, 2.24) is 4.98 Å². The Labute approximate surface area is 114 Å². The predicted octanol–water partition coefficient (Wildman–Crippen LogP) is 2.19. The van der Waals surface area contributed by atoms with Crippen LogP contribution in [0.25, 0.3) is 0 Å². The second kappa shape index (κ2) is 6.41. The summed E-state index contributed by atoms with van der Waals surface area (Å²) in [6.07, 6.45) is 6.80. The molecular formula is C14H22N4O. The number of nitrogens with zero attached hydrogens (tertiary/aromatic N) is 3. The highest BCUT2D eigenvalue weighted by Gasteiger charge is 2.19. The quantitative estimate of drug-likeness (QED) is 0.377. The smallest absolute Gasteiger partial charge is 0.188 e. The predicted molar refractivity (Wildman–Crippen MR) is 76.6 cm³/mol. The van der Waals surface area contributed by atoms with Crippen LogP contribution in [0.1, 0.15) is 38.3 Å². The van der Waals surface area contributed by atoms with Crippen LogP contribution in [0.5, 0.6) is 0 Å². The van der Waals surface area contributed by atoms with E-state index in [-0.39, 0.29) is 5.84 Å². The number of rotatable bonds is 4. The number of nitrogens with two attached hydrogens (primary N) is 1. The number of piperidine rings is 1. The van der Waals surface area contributed by atoms with Crippen LogP contribution in [0.3, 0.4) is 0 Å². The van der Waals surface area contributed by atoms with Crippen LogP contribution in [0.4, 0.5) is 5.69 Å². The van der Waals surface area contributed by atoms with E-state index in [0.29, 0.717) is 5.69 Å². The number of hydrogen-bond donors (Lipinski definition) is 2. The van der Waals surface area contributed by atoms with Gasteiger partial charge in [0.05, 0.1) is 0 Å². The lowest BCUT2D eigenvalue weighted by Crippen LogP contribution is -2.33. The molecule has 5 heteroatoms. The Balaban J connectivity index is 2.03. The van der Waals surface area contributed by atoms with E-state index < -0.39 is 0 Å². The van der Waals surface area contributed by atoms with E-state index in [2.05, 4.69) is 22.0 Å². The normalized spacial score (nSPS) is 17.7. The number of oxime groups is 1. The molecular weight excluding hydrogens is 240 g/mol. The van der Waals surface area contributed by atoms with Crippen LogP contribution in [0, 0.1) is 5.92 Å². The van der Waals surface area contributed by atoms with E-state index in [1.807, 2.05) is 12.1 Å². The molecule has 0 radical (unpaired) electrons. The number of anilines is 1. The molecule has 0 spiro atoms. The summed E-state index contributed by atoms with van der Waals surface area (Å²) in [5.41, 5.74) is 7.20. The van der Waals surface area contributed by atoms with Crippen molar-refractivity contribution in [3.05, 3.63) is 24.0 Å². The number of aromatic nitrogens is 1. The van der Waals surface area contributed by atoms with Gasteiger partial charge in [-0.3, -0.25) is 4.98 Å². The zero-order valence-corrected chi connectivity index (χ0v) is 11.4. The minimum Gasteiger partial charge on any atom is -0.409 e. The molecule has 0 unspecified atom stereocenters. The number of amidine groups is 1. The topological polar surface area (TPSA) is 74.7 Å². The molecule has 1 aliphatic rings. The molecule has 3 N–H and O–H groups in total. The van der Waals surface area contributed by atoms with Gasteiger partial charge >= 0.3 is 0 Å². The Bertz CT molecular complexity index is 439. The van der Waals surface area contributed by atoms with E-state index in [1.54, 1.807) is 6.20 Å². The Morgan fingerprint density at radius 1 is 1.53 bits per heavy atom. The van der Waals surface area contributed by atoms with Crippen LogP contribution >= 0.6 is 0 Å². The van der Waals surface area contributed by atoms with Crippen molar-refractivity contribution in [3.8, 4) is 0 Å². The van der Waals surface area contributed by atoms with Gasteiger partial charge in [-0.2, -0.15) is 0 Å². The van der Waals surface area contributed by atoms with Crippen molar-refractivity contribution >= 4 is 11.5 Å². The van der Waals surface area contributed by atoms with Gasteiger partial charge in [0.15, 0.2) is 5.84 Å². The fraction of sp³-hybridized carbons (Fsp3) is 0.571. The third-order valence-electron chi connectivity index (χ3n) is 3.79. The lowest BCUT2D eigenvalue weighted by Gasteiger charge is -2.33. The largest absolute Gasteiger partial charge is 0.409 e. The second-order valence-corrected chi connectivity index (χ2v) is 5.10. The lowest BCUT2D eigenvalue weighted by atomic mass is 9.92. The highest BCUT2D eigenvalue weighted by atomic mass is 16.4. The molecule has 1 aromatic heterocycles. The molecule has 0 amide bonds. The summed E-state index contributed by atoms with van der Waals surface area (Å²) in [6, 6.07) is 3.86. The molecule has 19 heavy (non-hydrogen) atoms. The monoisotopic (exact) mass is 262 g/mol. The van der Waals surface area contributed by atoms with E-state index >= 15 is 0 Å². The summed E-state index contributed by atoms with van der Waals surface area (Å²) in [6.45, 7) is 4.40. The first-order chi connectivity index (χ1) is 9.24. The van der Waals surface area contributed by atoms with Gasteiger partial charge in [-0.05, 0) is 30.9 Å². The Kier molecular flexibility index (Phi) is 4.60. The fourth-order valence-electron chi connectivity index (χ4n) is 2.70. The molecule has 0 bridgehead atoms. The van der Waals surface area contributed by atoms with Crippen LogP contribution in [-0.2, 0) is 0 Å². The van der Waals surface area contributed by atoms with Crippen molar-refractivity contribution in [3.63, 3.8) is 0 Å². The summed E-state index contributed by atoms with van der Waals surface area (Å²) in [7, 11) is 0. The lowest BCUT2D eigenvalue weighted by molar-refractivity contribution is 0.318. The zero-order chi connectivity index (χ0) is 13.7. The molecule has 0 saturated carbocycles. The van der Waals surface area contributed by atoms with E-state index in [9.17, 15) is 0 Å². The van der Waals surface area contributed by atoms with Gasteiger partial charge in [-0.1, -0.05) is 24.9 Å². The number of hydrogen-bond acceptors (Lipinski definition) is 4. The third kappa shape index (κ3) is 3.36. The van der Waals surface area contributed by atoms with E-state index in [4.69, 9.17) is 10.9 Å². The van der Waals surface area contributed by atoms with Crippen LogP contribution < -0.4 is 10.6 Å². The Morgan fingerprint density at radius 2 is 2.26 bits per heavy atom. The second-order valence-electron chi connectivity index (χ2n) is 5.10. The van der Waals surface area contributed by atoms with Gasteiger partial charge in [-0.25, -0.2) is 0 Å². The molecule has 0 aliphatic carbocycles. The first kappa shape index (κ1) is 13.6. The maximum absolute atomic E-state index is 8.69. The molecule has 1 saturated heterocycles. The van der Waals surface area contributed by atoms with Crippen molar-refractivity contribution < 1.29 is 5.21 Å². The number of pyridine rings is 1. The summed E-state index contributed by atoms with van der Waals surface area (Å²) in [5, 5.41) is 11.7. The highest BCUT2D eigenvalue weighted by Crippen LogP contribution is 2.25. The van der Waals surface area contributed by atoms with Gasteiger partial charge in [0.25, 0.3) is 0 Å². The Morgan fingerprint density at radius 3 is 2.89 bits per heavy atom.